The minimum absolute atomic E-state index is 0.0502. The van der Waals surface area contributed by atoms with Gasteiger partial charge in [-0.25, -0.2) is 4.79 Å². The van der Waals surface area contributed by atoms with Crippen LogP contribution < -0.4 is 10.6 Å². The highest BCUT2D eigenvalue weighted by molar-refractivity contribution is 5.74. The number of amides is 2. The number of benzene rings is 1. The molecule has 2 amide bonds. The highest BCUT2D eigenvalue weighted by atomic mass is 16.2. The summed E-state index contributed by atoms with van der Waals surface area (Å²) in [5.74, 6) is 0.680. The van der Waals surface area contributed by atoms with Gasteiger partial charge in [0.15, 0.2) is 0 Å². The van der Waals surface area contributed by atoms with Crippen LogP contribution in [0.15, 0.2) is 24.3 Å². The second kappa shape index (κ2) is 8.68. The Balaban J connectivity index is 1.49. The van der Waals surface area contributed by atoms with E-state index < -0.39 is 0 Å². The lowest BCUT2D eigenvalue weighted by Crippen LogP contribution is -2.45. The van der Waals surface area contributed by atoms with E-state index in [0.29, 0.717) is 12.5 Å². The predicted octanol–water partition coefficient (Wildman–Crippen LogP) is 2.42. The monoisotopic (exact) mass is 344 g/mol. The zero-order valence-corrected chi connectivity index (χ0v) is 15.6. The van der Waals surface area contributed by atoms with E-state index >= 15 is 0 Å². The zero-order chi connectivity index (χ0) is 17.6. The van der Waals surface area contributed by atoms with Gasteiger partial charge in [-0.05, 0) is 43.4 Å². The first-order valence-corrected chi connectivity index (χ1v) is 9.71. The SMILES string of the molecule is CCN1CCN(Cc2ccccc2CNC(=O)NC(C)C2CC2)CC1. The molecule has 0 aromatic heterocycles. The molecule has 2 N–H and O–H groups in total. The van der Waals surface area contributed by atoms with Gasteiger partial charge in [0.25, 0.3) is 0 Å². The van der Waals surface area contributed by atoms with Crippen molar-refractivity contribution in [3.05, 3.63) is 35.4 Å². The van der Waals surface area contributed by atoms with Gasteiger partial charge in [-0.1, -0.05) is 31.2 Å². The van der Waals surface area contributed by atoms with Crippen molar-refractivity contribution in [2.45, 2.75) is 45.8 Å². The van der Waals surface area contributed by atoms with Crippen molar-refractivity contribution < 1.29 is 4.79 Å². The molecule has 2 aliphatic rings. The van der Waals surface area contributed by atoms with Crippen LogP contribution in [0.4, 0.5) is 4.79 Å². The summed E-state index contributed by atoms with van der Waals surface area (Å²) in [4.78, 5) is 17.1. The van der Waals surface area contributed by atoms with Crippen LogP contribution in [0.3, 0.4) is 0 Å². The summed E-state index contributed by atoms with van der Waals surface area (Å²) in [6, 6.07) is 8.70. The Hall–Kier alpha value is -1.59. The number of urea groups is 1. The first-order valence-electron chi connectivity index (χ1n) is 9.71. The lowest BCUT2D eigenvalue weighted by molar-refractivity contribution is 0.131. The summed E-state index contributed by atoms with van der Waals surface area (Å²) in [6.45, 7) is 11.6. The van der Waals surface area contributed by atoms with E-state index in [4.69, 9.17) is 0 Å². The number of nitrogens with zero attached hydrogens (tertiary/aromatic N) is 2. The number of carbonyl (C=O) groups is 1. The van der Waals surface area contributed by atoms with Crippen molar-refractivity contribution in [3.63, 3.8) is 0 Å². The van der Waals surface area contributed by atoms with Crippen molar-refractivity contribution in [1.82, 2.24) is 20.4 Å². The summed E-state index contributed by atoms with van der Waals surface area (Å²) < 4.78 is 0. The molecule has 1 aliphatic heterocycles. The molecule has 0 bridgehead atoms. The van der Waals surface area contributed by atoms with Gasteiger partial charge in [-0.2, -0.15) is 0 Å². The molecule has 1 aromatic rings. The normalized spacial score (nSPS) is 20.2. The summed E-state index contributed by atoms with van der Waals surface area (Å²) >= 11 is 0. The van der Waals surface area contributed by atoms with Gasteiger partial charge in [-0.3, -0.25) is 4.90 Å². The number of rotatable bonds is 7. The Morgan fingerprint density at radius 2 is 1.76 bits per heavy atom. The summed E-state index contributed by atoms with van der Waals surface area (Å²) in [5, 5.41) is 6.09. The zero-order valence-electron chi connectivity index (χ0n) is 15.6. The van der Waals surface area contributed by atoms with Crippen molar-refractivity contribution in [2.75, 3.05) is 32.7 Å². The molecular formula is C20H32N4O. The predicted molar refractivity (Wildman–Crippen MR) is 101 cm³/mol. The Bertz CT molecular complexity index is 565. The summed E-state index contributed by atoms with van der Waals surface area (Å²) in [6.07, 6.45) is 2.49. The Morgan fingerprint density at radius 1 is 1.12 bits per heavy atom. The van der Waals surface area contributed by atoms with E-state index in [1.165, 1.54) is 24.0 Å². The van der Waals surface area contributed by atoms with Crippen molar-refractivity contribution >= 4 is 6.03 Å². The van der Waals surface area contributed by atoms with Crippen molar-refractivity contribution in [1.29, 1.82) is 0 Å². The molecule has 1 heterocycles. The smallest absolute Gasteiger partial charge is 0.315 e. The number of hydrogen-bond acceptors (Lipinski definition) is 3. The van der Waals surface area contributed by atoms with Gasteiger partial charge in [0, 0.05) is 45.3 Å². The maximum atomic E-state index is 12.1. The van der Waals surface area contributed by atoms with E-state index in [1.807, 2.05) is 0 Å². The lowest BCUT2D eigenvalue weighted by Gasteiger charge is -2.34. The van der Waals surface area contributed by atoms with Gasteiger partial charge in [0.05, 0.1) is 0 Å². The molecule has 1 aromatic carbocycles. The third kappa shape index (κ3) is 5.44. The first-order chi connectivity index (χ1) is 12.2. The van der Waals surface area contributed by atoms with E-state index in [1.54, 1.807) is 0 Å². The van der Waals surface area contributed by atoms with Crippen LogP contribution in [0.25, 0.3) is 0 Å². The molecular weight excluding hydrogens is 312 g/mol. The number of piperazine rings is 1. The Morgan fingerprint density at radius 3 is 2.40 bits per heavy atom. The Kier molecular flexibility index (Phi) is 6.32. The standard InChI is InChI=1S/C20H32N4O/c1-3-23-10-12-24(13-11-23)15-19-7-5-4-6-18(19)14-21-20(25)22-16(2)17-8-9-17/h4-7,16-17H,3,8-15H2,1-2H3,(H2,21,22,25). The summed E-state index contributed by atoms with van der Waals surface area (Å²) in [7, 11) is 0. The third-order valence-electron chi connectivity index (χ3n) is 5.55. The second-order valence-electron chi connectivity index (χ2n) is 7.43. The summed E-state index contributed by atoms with van der Waals surface area (Å²) in [5.41, 5.74) is 2.54. The maximum Gasteiger partial charge on any atom is 0.315 e. The van der Waals surface area contributed by atoms with E-state index in [9.17, 15) is 4.79 Å². The molecule has 1 aliphatic carbocycles. The van der Waals surface area contributed by atoms with Crippen LogP contribution in [0.1, 0.15) is 37.8 Å². The van der Waals surface area contributed by atoms with Gasteiger partial charge >= 0.3 is 6.03 Å². The number of likely N-dealkylation sites (N-methyl/N-ethyl adjacent to an activating group) is 1. The van der Waals surface area contributed by atoms with Gasteiger partial charge in [0.2, 0.25) is 0 Å². The number of hydrogen-bond donors (Lipinski definition) is 2. The molecule has 0 spiro atoms. The lowest BCUT2D eigenvalue weighted by atomic mass is 10.1. The molecule has 25 heavy (non-hydrogen) atoms. The van der Waals surface area contributed by atoms with Crippen LogP contribution in [0.5, 0.6) is 0 Å². The second-order valence-corrected chi connectivity index (χ2v) is 7.43. The number of carbonyl (C=O) groups excluding carboxylic acids is 1. The van der Waals surface area contributed by atoms with E-state index in [-0.39, 0.29) is 12.1 Å². The van der Waals surface area contributed by atoms with E-state index in [2.05, 4.69) is 58.5 Å². The maximum absolute atomic E-state index is 12.1. The van der Waals surface area contributed by atoms with Gasteiger partial charge < -0.3 is 15.5 Å². The first kappa shape index (κ1) is 18.2. The number of nitrogens with one attached hydrogen (secondary N) is 2. The highest BCUT2D eigenvalue weighted by Gasteiger charge is 2.28. The fraction of sp³-hybridized carbons (Fsp3) is 0.650. The Labute approximate surface area is 151 Å². The van der Waals surface area contributed by atoms with Gasteiger partial charge in [-0.15, -0.1) is 0 Å². The molecule has 2 fully saturated rings. The molecule has 1 atom stereocenters. The molecule has 0 radical (unpaired) electrons. The van der Waals surface area contributed by atoms with Gasteiger partial charge in [0.1, 0.15) is 0 Å². The fourth-order valence-electron chi connectivity index (χ4n) is 3.54. The van der Waals surface area contributed by atoms with Crippen LogP contribution in [-0.4, -0.2) is 54.6 Å². The quantitative estimate of drug-likeness (QED) is 0.799. The fourth-order valence-corrected chi connectivity index (χ4v) is 3.54. The molecule has 5 nitrogen and oxygen atoms in total. The third-order valence-corrected chi connectivity index (χ3v) is 5.55. The average molecular weight is 345 g/mol. The minimum atomic E-state index is -0.0502. The minimum Gasteiger partial charge on any atom is -0.335 e. The van der Waals surface area contributed by atoms with Crippen LogP contribution in [0, 0.1) is 5.92 Å². The topological polar surface area (TPSA) is 47.6 Å². The highest BCUT2D eigenvalue weighted by Crippen LogP contribution is 2.32. The molecule has 1 saturated carbocycles. The van der Waals surface area contributed by atoms with E-state index in [0.717, 1.165) is 39.3 Å². The molecule has 138 valence electrons. The van der Waals surface area contributed by atoms with Crippen molar-refractivity contribution in [3.8, 4) is 0 Å². The molecule has 1 saturated heterocycles. The van der Waals surface area contributed by atoms with Crippen LogP contribution in [-0.2, 0) is 13.1 Å². The molecule has 3 rings (SSSR count). The van der Waals surface area contributed by atoms with Crippen LogP contribution >= 0.6 is 0 Å². The average Bonchev–Trinajstić information content (AvgIpc) is 3.47. The largest absolute Gasteiger partial charge is 0.335 e. The molecule has 5 heteroatoms. The van der Waals surface area contributed by atoms with Crippen LogP contribution in [0.2, 0.25) is 0 Å². The molecule has 1 unspecified atom stereocenters. The van der Waals surface area contributed by atoms with Crippen molar-refractivity contribution in [2.24, 2.45) is 5.92 Å².